The van der Waals surface area contributed by atoms with E-state index < -0.39 is 21.7 Å². The standard InChI is InChI=1S/C35H26FN5O5S/c1-37-34(42)31-27-18-26(22-7-5-8-23(17-22)35-40-33-29(46-35)10-6-16-39-33)28(41(47(2,43)44)20-25-9-3-4-15-38-25)19-30(27)45-32(31)21-11-13-24(36)14-12-21/h3-19H,20H2,1-2H3,(H,37,42). The molecule has 4 aromatic heterocycles. The van der Waals surface area contributed by atoms with Crippen molar-refractivity contribution in [1.29, 1.82) is 0 Å². The van der Waals surface area contributed by atoms with Gasteiger partial charge in [-0.1, -0.05) is 18.2 Å². The van der Waals surface area contributed by atoms with E-state index in [9.17, 15) is 17.6 Å². The van der Waals surface area contributed by atoms with Gasteiger partial charge in [-0.2, -0.15) is 4.98 Å². The molecule has 47 heavy (non-hydrogen) atoms. The molecule has 4 heterocycles. The molecule has 0 aliphatic rings. The van der Waals surface area contributed by atoms with Gasteiger partial charge >= 0.3 is 0 Å². The van der Waals surface area contributed by atoms with Gasteiger partial charge in [0.1, 0.15) is 17.2 Å². The predicted octanol–water partition coefficient (Wildman–Crippen LogP) is 6.83. The fourth-order valence-electron chi connectivity index (χ4n) is 5.46. The number of aromatic nitrogens is 3. The number of carbonyl (C=O) groups excluding carboxylic acids is 1. The number of rotatable bonds is 8. The van der Waals surface area contributed by atoms with Gasteiger partial charge in [0.05, 0.1) is 29.7 Å². The summed E-state index contributed by atoms with van der Waals surface area (Å²) < 4.78 is 54.2. The lowest BCUT2D eigenvalue weighted by Gasteiger charge is -2.25. The largest absolute Gasteiger partial charge is 0.455 e. The van der Waals surface area contributed by atoms with E-state index in [1.807, 2.05) is 24.3 Å². The quantitative estimate of drug-likeness (QED) is 0.190. The molecule has 0 saturated heterocycles. The number of hydrogen-bond donors (Lipinski definition) is 1. The van der Waals surface area contributed by atoms with E-state index in [0.717, 1.165) is 6.26 Å². The highest BCUT2D eigenvalue weighted by molar-refractivity contribution is 7.92. The van der Waals surface area contributed by atoms with Crippen LogP contribution in [0.25, 0.3) is 56.1 Å². The third kappa shape index (κ3) is 5.70. The summed E-state index contributed by atoms with van der Waals surface area (Å²) >= 11 is 0. The zero-order valence-corrected chi connectivity index (χ0v) is 26.0. The third-order valence-electron chi connectivity index (χ3n) is 7.65. The number of carbonyl (C=O) groups is 1. The molecule has 0 spiro atoms. The van der Waals surface area contributed by atoms with Gasteiger partial charge in [0, 0.05) is 47.6 Å². The highest BCUT2D eigenvalue weighted by atomic mass is 32.2. The van der Waals surface area contributed by atoms with Crippen LogP contribution in [-0.4, -0.2) is 42.6 Å². The minimum Gasteiger partial charge on any atom is -0.455 e. The lowest BCUT2D eigenvalue weighted by Crippen LogP contribution is -2.30. The van der Waals surface area contributed by atoms with Crippen LogP contribution in [0.15, 0.2) is 112 Å². The summed E-state index contributed by atoms with van der Waals surface area (Å²) in [4.78, 5) is 26.5. The summed E-state index contributed by atoms with van der Waals surface area (Å²) in [6, 6.07) is 25.0. The smallest absolute Gasteiger partial charge is 0.255 e. The molecular weight excluding hydrogens is 621 g/mol. The first-order valence-electron chi connectivity index (χ1n) is 14.5. The zero-order chi connectivity index (χ0) is 32.7. The maximum atomic E-state index is 13.8. The Labute approximate surface area is 268 Å². The van der Waals surface area contributed by atoms with Gasteiger partial charge in [0.15, 0.2) is 11.2 Å². The summed E-state index contributed by atoms with van der Waals surface area (Å²) in [5.41, 5.74) is 4.50. The lowest BCUT2D eigenvalue weighted by atomic mass is 9.97. The maximum absolute atomic E-state index is 13.8. The number of nitrogens with one attached hydrogen (secondary N) is 1. The Morgan fingerprint density at radius 3 is 2.36 bits per heavy atom. The zero-order valence-electron chi connectivity index (χ0n) is 25.1. The Morgan fingerprint density at radius 2 is 1.64 bits per heavy atom. The molecule has 1 N–H and O–H groups in total. The number of furan rings is 1. The molecular formula is C35H26FN5O5S. The molecule has 10 nitrogen and oxygen atoms in total. The van der Waals surface area contributed by atoms with Gasteiger partial charge in [-0.3, -0.25) is 14.1 Å². The molecule has 1 amide bonds. The molecule has 0 aliphatic heterocycles. The molecule has 12 heteroatoms. The fraction of sp³-hybridized carbons (Fsp3) is 0.0857. The molecule has 0 saturated carbocycles. The SMILES string of the molecule is CNC(=O)c1c(-c2ccc(F)cc2)oc2cc(N(Cc3ccccn3)S(C)(=O)=O)c(-c3cccc(-c4nc5ncccc5o4)c3)cc12. The number of pyridine rings is 2. The number of fused-ring (bicyclic) bond motifs is 2. The number of oxazole rings is 1. The summed E-state index contributed by atoms with van der Waals surface area (Å²) in [5, 5.41) is 3.10. The summed E-state index contributed by atoms with van der Waals surface area (Å²) in [7, 11) is -2.38. The molecule has 0 bridgehead atoms. The van der Waals surface area contributed by atoms with Crippen molar-refractivity contribution in [3.8, 4) is 33.9 Å². The molecule has 0 aliphatic carbocycles. The number of amides is 1. The molecule has 234 valence electrons. The van der Waals surface area contributed by atoms with E-state index in [4.69, 9.17) is 8.83 Å². The van der Waals surface area contributed by atoms with Crippen LogP contribution in [0.5, 0.6) is 0 Å². The van der Waals surface area contributed by atoms with Gasteiger partial charge in [-0.15, -0.1) is 0 Å². The monoisotopic (exact) mass is 647 g/mol. The average molecular weight is 648 g/mol. The van der Waals surface area contributed by atoms with Gasteiger partial charge in [0.2, 0.25) is 15.9 Å². The summed E-state index contributed by atoms with van der Waals surface area (Å²) in [6.07, 6.45) is 4.34. The molecule has 7 aromatic rings. The number of sulfonamides is 1. The first-order valence-corrected chi connectivity index (χ1v) is 16.3. The van der Waals surface area contributed by atoms with Crippen LogP contribution in [0.4, 0.5) is 10.1 Å². The second-order valence-electron chi connectivity index (χ2n) is 10.8. The highest BCUT2D eigenvalue weighted by Gasteiger charge is 2.28. The summed E-state index contributed by atoms with van der Waals surface area (Å²) in [6.45, 7) is -0.0670. The van der Waals surface area contributed by atoms with E-state index in [-0.39, 0.29) is 23.5 Å². The number of nitrogens with zero attached hydrogens (tertiary/aromatic N) is 4. The van der Waals surface area contributed by atoms with Crippen molar-refractivity contribution >= 4 is 43.8 Å². The molecule has 3 aromatic carbocycles. The van der Waals surface area contributed by atoms with Crippen LogP contribution < -0.4 is 9.62 Å². The maximum Gasteiger partial charge on any atom is 0.255 e. The van der Waals surface area contributed by atoms with E-state index in [2.05, 4.69) is 20.3 Å². The molecule has 0 radical (unpaired) electrons. The first-order chi connectivity index (χ1) is 22.7. The van der Waals surface area contributed by atoms with Crippen molar-refractivity contribution in [2.24, 2.45) is 0 Å². The van der Waals surface area contributed by atoms with E-state index in [1.54, 1.807) is 54.9 Å². The number of hydrogen-bond acceptors (Lipinski definition) is 8. The van der Waals surface area contributed by atoms with Crippen molar-refractivity contribution in [2.75, 3.05) is 17.6 Å². The van der Waals surface area contributed by atoms with Crippen molar-refractivity contribution in [1.82, 2.24) is 20.3 Å². The van der Waals surface area contributed by atoms with Crippen LogP contribution in [0, 0.1) is 5.82 Å². The van der Waals surface area contributed by atoms with Gasteiger partial charge < -0.3 is 14.2 Å². The summed E-state index contributed by atoms with van der Waals surface area (Å²) in [5.74, 6) is -0.317. The van der Waals surface area contributed by atoms with Crippen LogP contribution in [0.2, 0.25) is 0 Å². The van der Waals surface area contributed by atoms with Crippen molar-refractivity contribution in [3.63, 3.8) is 0 Å². The van der Waals surface area contributed by atoms with Crippen molar-refractivity contribution in [2.45, 2.75) is 6.54 Å². The fourth-order valence-corrected chi connectivity index (χ4v) is 6.33. The van der Waals surface area contributed by atoms with Crippen LogP contribution in [-0.2, 0) is 16.6 Å². The van der Waals surface area contributed by atoms with Gasteiger partial charge in [-0.25, -0.2) is 17.8 Å². The predicted molar refractivity (Wildman–Crippen MR) is 176 cm³/mol. The highest BCUT2D eigenvalue weighted by Crippen LogP contribution is 2.42. The topological polar surface area (TPSA) is 131 Å². The molecule has 7 rings (SSSR count). The molecule has 0 unspecified atom stereocenters. The Balaban J connectivity index is 1.49. The minimum absolute atomic E-state index is 0.0670. The Kier molecular flexibility index (Phi) is 7.49. The van der Waals surface area contributed by atoms with E-state index in [1.165, 1.54) is 35.6 Å². The number of benzene rings is 3. The van der Waals surface area contributed by atoms with E-state index in [0.29, 0.717) is 56.1 Å². The van der Waals surface area contributed by atoms with Gasteiger partial charge in [0.25, 0.3) is 5.91 Å². The minimum atomic E-state index is -3.88. The van der Waals surface area contributed by atoms with E-state index >= 15 is 0 Å². The van der Waals surface area contributed by atoms with Crippen LogP contribution in [0.3, 0.4) is 0 Å². The number of halogens is 1. The van der Waals surface area contributed by atoms with Crippen molar-refractivity contribution in [3.05, 3.63) is 120 Å². The second kappa shape index (κ2) is 11.8. The normalized spacial score (nSPS) is 11.6. The third-order valence-corrected chi connectivity index (χ3v) is 8.78. The Bertz CT molecular complexity index is 2360. The Morgan fingerprint density at radius 1 is 0.851 bits per heavy atom. The van der Waals surface area contributed by atoms with Crippen molar-refractivity contribution < 1.29 is 26.4 Å². The molecule has 0 fully saturated rings. The van der Waals surface area contributed by atoms with Gasteiger partial charge in [-0.05, 0) is 72.3 Å². The average Bonchev–Trinajstić information content (AvgIpc) is 3.68. The van der Waals surface area contributed by atoms with Crippen LogP contribution >= 0.6 is 0 Å². The Hall–Kier alpha value is -5.88. The first kappa shape index (κ1) is 29.8. The second-order valence-corrected chi connectivity index (χ2v) is 12.7. The lowest BCUT2D eigenvalue weighted by molar-refractivity contribution is 0.0964. The molecule has 0 atom stereocenters. The number of anilines is 1. The van der Waals surface area contributed by atoms with Crippen LogP contribution in [0.1, 0.15) is 16.1 Å².